The summed E-state index contributed by atoms with van der Waals surface area (Å²) in [6, 6.07) is 13.7. The average molecular weight is 286 g/mol. The van der Waals surface area contributed by atoms with Crippen molar-refractivity contribution in [3.63, 3.8) is 0 Å². The summed E-state index contributed by atoms with van der Waals surface area (Å²) in [5, 5.41) is 3.18. The van der Waals surface area contributed by atoms with Crippen LogP contribution in [-0.2, 0) is 6.54 Å². The number of nitrogens with one attached hydrogen (secondary N) is 1. The molecule has 2 aromatic carbocycles. The normalized spacial score (nSPS) is 12.2. The maximum Gasteiger partial charge on any atom is 0.146 e. The van der Waals surface area contributed by atoms with E-state index in [1.54, 1.807) is 6.07 Å². The van der Waals surface area contributed by atoms with Gasteiger partial charge in [-0.1, -0.05) is 42.0 Å². The number of hydrogen-bond donors (Lipinski definition) is 1. The van der Waals surface area contributed by atoms with E-state index in [0.29, 0.717) is 12.2 Å². The second-order valence-corrected chi connectivity index (χ2v) is 5.53. The van der Waals surface area contributed by atoms with Gasteiger partial charge in [0.1, 0.15) is 5.82 Å². The Morgan fingerprint density at radius 1 is 1.14 bits per heavy atom. The maximum atomic E-state index is 14.3. The van der Waals surface area contributed by atoms with Gasteiger partial charge in [0.25, 0.3) is 0 Å². The molecule has 1 unspecified atom stereocenters. The van der Waals surface area contributed by atoms with E-state index in [1.165, 1.54) is 17.2 Å². The molecule has 3 heteroatoms. The molecule has 21 heavy (non-hydrogen) atoms. The lowest BCUT2D eigenvalue weighted by Gasteiger charge is -2.25. The van der Waals surface area contributed by atoms with E-state index in [0.717, 1.165) is 5.56 Å². The standard InChI is InChI=1S/C18H23FN2/c1-13-8-10-15(11-9-13)12-21(4)18-16(14(2)20-3)6-5-7-17(18)19/h5-11,14,20H,12H2,1-4H3. The lowest BCUT2D eigenvalue weighted by molar-refractivity contribution is 0.602. The minimum atomic E-state index is -0.177. The topological polar surface area (TPSA) is 15.3 Å². The first-order chi connectivity index (χ1) is 10.0. The Bertz CT molecular complexity index is 593. The van der Waals surface area contributed by atoms with Crippen LogP contribution in [0.5, 0.6) is 0 Å². The Morgan fingerprint density at radius 3 is 2.43 bits per heavy atom. The van der Waals surface area contributed by atoms with Gasteiger partial charge in [0.15, 0.2) is 0 Å². The molecule has 0 heterocycles. The van der Waals surface area contributed by atoms with Gasteiger partial charge in [0.2, 0.25) is 0 Å². The Hall–Kier alpha value is -1.87. The monoisotopic (exact) mass is 286 g/mol. The molecule has 0 amide bonds. The predicted octanol–water partition coefficient (Wildman–Crippen LogP) is 4.05. The zero-order chi connectivity index (χ0) is 15.4. The van der Waals surface area contributed by atoms with Crippen LogP contribution in [0.4, 0.5) is 10.1 Å². The molecular formula is C18H23FN2. The molecule has 2 rings (SSSR count). The van der Waals surface area contributed by atoms with E-state index in [4.69, 9.17) is 0 Å². The highest BCUT2D eigenvalue weighted by Gasteiger charge is 2.16. The van der Waals surface area contributed by atoms with Crippen molar-refractivity contribution in [3.8, 4) is 0 Å². The molecule has 0 aliphatic carbocycles. The SMILES string of the molecule is CNC(C)c1cccc(F)c1N(C)Cc1ccc(C)cc1. The number of aryl methyl sites for hydroxylation is 1. The van der Waals surface area contributed by atoms with Crippen molar-refractivity contribution in [3.05, 3.63) is 65.0 Å². The molecule has 1 atom stereocenters. The van der Waals surface area contributed by atoms with Gasteiger partial charge in [-0.05, 0) is 38.1 Å². The van der Waals surface area contributed by atoms with Crippen LogP contribution in [0.25, 0.3) is 0 Å². The van der Waals surface area contributed by atoms with Gasteiger partial charge in [-0.3, -0.25) is 0 Å². The smallest absolute Gasteiger partial charge is 0.146 e. The molecule has 0 spiro atoms. The third kappa shape index (κ3) is 3.61. The molecule has 1 N–H and O–H groups in total. The number of anilines is 1. The molecule has 0 aliphatic rings. The van der Waals surface area contributed by atoms with Crippen LogP contribution in [0, 0.1) is 12.7 Å². The predicted molar refractivity (Wildman–Crippen MR) is 87.2 cm³/mol. The molecule has 0 radical (unpaired) electrons. The van der Waals surface area contributed by atoms with E-state index in [9.17, 15) is 4.39 Å². The van der Waals surface area contributed by atoms with Gasteiger partial charge < -0.3 is 10.2 Å². The van der Waals surface area contributed by atoms with Crippen LogP contribution in [0.15, 0.2) is 42.5 Å². The van der Waals surface area contributed by atoms with Gasteiger partial charge in [-0.15, -0.1) is 0 Å². The van der Waals surface area contributed by atoms with Crippen molar-refractivity contribution in [2.75, 3.05) is 19.0 Å². The minimum absolute atomic E-state index is 0.108. The Morgan fingerprint density at radius 2 is 1.81 bits per heavy atom. The van der Waals surface area contributed by atoms with Crippen LogP contribution in [0.2, 0.25) is 0 Å². The number of hydrogen-bond acceptors (Lipinski definition) is 2. The molecule has 2 aromatic rings. The summed E-state index contributed by atoms with van der Waals surface area (Å²) < 4.78 is 14.3. The van der Waals surface area contributed by atoms with Crippen molar-refractivity contribution in [2.45, 2.75) is 26.4 Å². The highest BCUT2D eigenvalue weighted by atomic mass is 19.1. The Kier molecular flexibility index (Phi) is 4.97. The van der Waals surface area contributed by atoms with E-state index in [1.807, 2.05) is 32.0 Å². The Balaban J connectivity index is 2.29. The van der Waals surface area contributed by atoms with Gasteiger partial charge in [0, 0.05) is 19.6 Å². The third-order valence-corrected chi connectivity index (χ3v) is 3.84. The Labute approximate surface area is 126 Å². The molecule has 0 bridgehead atoms. The fraction of sp³-hybridized carbons (Fsp3) is 0.333. The van der Waals surface area contributed by atoms with Crippen molar-refractivity contribution in [1.82, 2.24) is 5.32 Å². The van der Waals surface area contributed by atoms with Crippen LogP contribution in [0.1, 0.15) is 29.7 Å². The van der Waals surface area contributed by atoms with E-state index < -0.39 is 0 Å². The van der Waals surface area contributed by atoms with E-state index >= 15 is 0 Å². The summed E-state index contributed by atoms with van der Waals surface area (Å²) in [5.41, 5.74) is 4.05. The molecule has 0 aromatic heterocycles. The van der Waals surface area contributed by atoms with Crippen LogP contribution in [-0.4, -0.2) is 14.1 Å². The van der Waals surface area contributed by atoms with E-state index in [2.05, 4.69) is 36.5 Å². The van der Waals surface area contributed by atoms with Gasteiger partial charge >= 0.3 is 0 Å². The van der Waals surface area contributed by atoms with Gasteiger partial charge in [-0.25, -0.2) is 4.39 Å². The molecule has 112 valence electrons. The maximum absolute atomic E-state index is 14.3. The van der Waals surface area contributed by atoms with Gasteiger partial charge in [0.05, 0.1) is 5.69 Å². The molecular weight excluding hydrogens is 263 g/mol. The number of halogens is 1. The second-order valence-electron chi connectivity index (χ2n) is 5.53. The zero-order valence-corrected chi connectivity index (χ0v) is 13.2. The fourth-order valence-corrected chi connectivity index (χ4v) is 2.49. The largest absolute Gasteiger partial charge is 0.368 e. The number of rotatable bonds is 5. The summed E-state index contributed by atoms with van der Waals surface area (Å²) in [6.07, 6.45) is 0. The first-order valence-electron chi connectivity index (χ1n) is 7.25. The highest BCUT2D eigenvalue weighted by molar-refractivity contribution is 5.56. The average Bonchev–Trinajstić information content (AvgIpc) is 2.48. The zero-order valence-electron chi connectivity index (χ0n) is 13.2. The molecule has 0 saturated carbocycles. The van der Waals surface area contributed by atoms with Crippen LogP contribution < -0.4 is 10.2 Å². The lowest BCUT2D eigenvalue weighted by atomic mass is 10.0. The molecule has 2 nitrogen and oxygen atoms in total. The first kappa shape index (κ1) is 15.5. The summed E-state index contributed by atoms with van der Waals surface area (Å²) in [7, 11) is 3.82. The second kappa shape index (κ2) is 6.72. The fourth-order valence-electron chi connectivity index (χ4n) is 2.49. The minimum Gasteiger partial charge on any atom is -0.368 e. The van der Waals surface area contributed by atoms with E-state index in [-0.39, 0.29) is 11.9 Å². The number of para-hydroxylation sites is 1. The van der Waals surface area contributed by atoms with Crippen LogP contribution in [0.3, 0.4) is 0 Å². The van der Waals surface area contributed by atoms with Crippen molar-refractivity contribution in [1.29, 1.82) is 0 Å². The molecule has 0 fully saturated rings. The first-order valence-corrected chi connectivity index (χ1v) is 7.25. The van der Waals surface area contributed by atoms with Crippen molar-refractivity contribution >= 4 is 5.69 Å². The summed E-state index contributed by atoms with van der Waals surface area (Å²) >= 11 is 0. The highest BCUT2D eigenvalue weighted by Crippen LogP contribution is 2.29. The number of nitrogens with zero attached hydrogens (tertiary/aromatic N) is 1. The molecule has 0 saturated heterocycles. The summed E-state index contributed by atoms with van der Waals surface area (Å²) in [5.74, 6) is -0.177. The van der Waals surface area contributed by atoms with Gasteiger partial charge in [-0.2, -0.15) is 0 Å². The quantitative estimate of drug-likeness (QED) is 0.892. The van der Waals surface area contributed by atoms with Crippen molar-refractivity contribution in [2.24, 2.45) is 0 Å². The lowest BCUT2D eigenvalue weighted by Crippen LogP contribution is -2.22. The third-order valence-electron chi connectivity index (χ3n) is 3.84. The summed E-state index contributed by atoms with van der Waals surface area (Å²) in [4.78, 5) is 1.98. The van der Waals surface area contributed by atoms with Crippen molar-refractivity contribution < 1.29 is 4.39 Å². The molecule has 0 aliphatic heterocycles. The van der Waals surface area contributed by atoms with Crippen LogP contribution >= 0.6 is 0 Å². The number of benzene rings is 2. The summed E-state index contributed by atoms with van der Waals surface area (Å²) in [6.45, 7) is 4.79.